The molecule has 0 bridgehead atoms. The molecule has 0 aromatic heterocycles. The molecule has 1 aliphatic carbocycles. The summed E-state index contributed by atoms with van der Waals surface area (Å²) in [6.45, 7) is 2.51. The van der Waals surface area contributed by atoms with Crippen molar-refractivity contribution >= 4 is 17.4 Å². The predicted molar refractivity (Wildman–Crippen MR) is 75.4 cm³/mol. The Morgan fingerprint density at radius 3 is 3.12 bits per heavy atom. The molecule has 1 fully saturated rings. The molecule has 92 valence electrons. The Morgan fingerprint density at radius 2 is 2.18 bits per heavy atom. The smallest absolute Gasteiger partial charge is 0.0354 e. The maximum atomic E-state index is 5.86. The highest BCUT2D eigenvalue weighted by atomic mass is 32.2. The monoisotopic (exact) mass is 248 g/mol. The number of rotatable bonds is 1. The Balaban J connectivity index is 1.82. The van der Waals surface area contributed by atoms with Gasteiger partial charge >= 0.3 is 0 Å². The third kappa shape index (κ3) is 2.31. The molecule has 3 rings (SSSR count). The predicted octanol–water partition coefficient (Wildman–Crippen LogP) is 2.70. The fourth-order valence-electron chi connectivity index (χ4n) is 3.07. The quantitative estimate of drug-likeness (QED) is 0.775. The van der Waals surface area contributed by atoms with E-state index in [0.717, 1.165) is 5.69 Å². The largest absolute Gasteiger partial charge is 0.399 e. The fraction of sp³-hybridized carbons (Fsp3) is 0.571. The van der Waals surface area contributed by atoms with Crippen LogP contribution in [0.25, 0.3) is 0 Å². The number of nitrogens with zero attached hydrogens (tertiary/aromatic N) is 1. The van der Waals surface area contributed by atoms with Gasteiger partial charge in [-0.3, -0.25) is 4.90 Å². The molecular formula is C14H20N2S. The molecule has 0 saturated carbocycles. The summed E-state index contributed by atoms with van der Waals surface area (Å²) in [4.78, 5) is 2.68. The SMILES string of the molecule is Nc1ccc2c(c1)CCC2N1CCCSCC1. The van der Waals surface area contributed by atoms with Gasteiger partial charge in [0.1, 0.15) is 0 Å². The molecule has 0 spiro atoms. The summed E-state index contributed by atoms with van der Waals surface area (Å²) in [6, 6.07) is 7.13. The molecule has 1 saturated heterocycles. The highest BCUT2D eigenvalue weighted by molar-refractivity contribution is 7.99. The topological polar surface area (TPSA) is 29.3 Å². The third-order valence-electron chi connectivity index (χ3n) is 3.91. The second-order valence-corrected chi connectivity index (χ2v) is 6.24. The highest BCUT2D eigenvalue weighted by Gasteiger charge is 2.28. The molecule has 1 heterocycles. The molecule has 1 aromatic carbocycles. The van der Waals surface area contributed by atoms with E-state index in [1.165, 1.54) is 55.0 Å². The number of thioether (sulfide) groups is 1. The van der Waals surface area contributed by atoms with E-state index in [-0.39, 0.29) is 0 Å². The highest BCUT2D eigenvalue weighted by Crippen LogP contribution is 2.37. The Labute approximate surface area is 108 Å². The van der Waals surface area contributed by atoms with Crippen molar-refractivity contribution < 1.29 is 0 Å². The number of nitrogens with two attached hydrogens (primary N) is 1. The minimum absolute atomic E-state index is 0.657. The van der Waals surface area contributed by atoms with Crippen LogP contribution in [0.3, 0.4) is 0 Å². The van der Waals surface area contributed by atoms with Crippen LogP contribution in [0.15, 0.2) is 18.2 Å². The Morgan fingerprint density at radius 1 is 1.24 bits per heavy atom. The van der Waals surface area contributed by atoms with Crippen molar-refractivity contribution in [2.75, 3.05) is 30.3 Å². The van der Waals surface area contributed by atoms with Crippen LogP contribution >= 0.6 is 11.8 Å². The summed E-state index contributed by atoms with van der Waals surface area (Å²) in [6.07, 6.45) is 3.82. The number of benzene rings is 1. The minimum atomic E-state index is 0.657. The maximum absolute atomic E-state index is 5.86. The molecule has 1 aromatic rings. The number of fused-ring (bicyclic) bond motifs is 1. The van der Waals surface area contributed by atoms with Crippen LogP contribution < -0.4 is 5.73 Å². The normalized spacial score (nSPS) is 25.5. The van der Waals surface area contributed by atoms with Crippen LogP contribution in [0.1, 0.15) is 30.0 Å². The molecule has 1 atom stereocenters. The molecule has 1 aliphatic heterocycles. The zero-order valence-electron chi connectivity index (χ0n) is 10.2. The first-order chi connectivity index (χ1) is 8.34. The second kappa shape index (κ2) is 4.91. The number of hydrogen-bond acceptors (Lipinski definition) is 3. The van der Waals surface area contributed by atoms with Gasteiger partial charge in [-0.25, -0.2) is 0 Å². The number of anilines is 1. The zero-order chi connectivity index (χ0) is 11.7. The number of hydrogen-bond donors (Lipinski definition) is 1. The second-order valence-electron chi connectivity index (χ2n) is 5.01. The van der Waals surface area contributed by atoms with Crippen LogP contribution in [-0.2, 0) is 6.42 Å². The first-order valence-corrected chi connectivity index (χ1v) is 7.70. The van der Waals surface area contributed by atoms with E-state index in [9.17, 15) is 0 Å². The van der Waals surface area contributed by atoms with Crippen molar-refractivity contribution in [3.05, 3.63) is 29.3 Å². The lowest BCUT2D eigenvalue weighted by Crippen LogP contribution is -2.29. The van der Waals surface area contributed by atoms with Crippen LogP contribution in [0.2, 0.25) is 0 Å². The summed E-state index contributed by atoms with van der Waals surface area (Å²) in [7, 11) is 0. The molecule has 0 radical (unpaired) electrons. The summed E-state index contributed by atoms with van der Waals surface area (Å²) >= 11 is 2.10. The van der Waals surface area contributed by atoms with E-state index in [1.807, 2.05) is 0 Å². The van der Waals surface area contributed by atoms with E-state index in [2.05, 4.69) is 34.9 Å². The van der Waals surface area contributed by atoms with Gasteiger partial charge in [-0.05, 0) is 54.8 Å². The molecule has 1 unspecified atom stereocenters. The standard InChI is InChI=1S/C14H20N2S/c15-12-3-4-13-11(10-12)2-5-14(13)16-6-1-8-17-9-7-16/h3-4,10,14H,1-2,5-9,15H2. The summed E-state index contributed by atoms with van der Waals surface area (Å²) < 4.78 is 0. The first kappa shape index (κ1) is 11.4. The lowest BCUT2D eigenvalue weighted by atomic mass is 10.1. The molecule has 3 heteroatoms. The molecular weight excluding hydrogens is 228 g/mol. The maximum Gasteiger partial charge on any atom is 0.0354 e. The van der Waals surface area contributed by atoms with Crippen molar-refractivity contribution in [1.82, 2.24) is 4.90 Å². The number of nitrogen functional groups attached to an aromatic ring is 1. The molecule has 2 aliphatic rings. The van der Waals surface area contributed by atoms with Crippen LogP contribution in [0.4, 0.5) is 5.69 Å². The van der Waals surface area contributed by atoms with E-state index in [4.69, 9.17) is 5.73 Å². The minimum Gasteiger partial charge on any atom is -0.399 e. The van der Waals surface area contributed by atoms with E-state index in [0.29, 0.717) is 6.04 Å². The average Bonchev–Trinajstić information content (AvgIpc) is 2.57. The van der Waals surface area contributed by atoms with Crippen molar-refractivity contribution in [3.8, 4) is 0 Å². The lowest BCUT2D eigenvalue weighted by Gasteiger charge is -2.27. The van der Waals surface area contributed by atoms with Crippen molar-refractivity contribution in [1.29, 1.82) is 0 Å². The third-order valence-corrected chi connectivity index (χ3v) is 4.96. The van der Waals surface area contributed by atoms with Gasteiger partial charge < -0.3 is 5.73 Å². The molecule has 2 N–H and O–H groups in total. The van der Waals surface area contributed by atoms with Gasteiger partial charge in [0.15, 0.2) is 0 Å². The average molecular weight is 248 g/mol. The van der Waals surface area contributed by atoms with Gasteiger partial charge in [-0.2, -0.15) is 11.8 Å². The molecule has 17 heavy (non-hydrogen) atoms. The van der Waals surface area contributed by atoms with Crippen LogP contribution in [-0.4, -0.2) is 29.5 Å². The van der Waals surface area contributed by atoms with Gasteiger partial charge in [0.05, 0.1) is 0 Å². The van der Waals surface area contributed by atoms with Gasteiger partial charge in [0.25, 0.3) is 0 Å². The van der Waals surface area contributed by atoms with Gasteiger partial charge in [0, 0.05) is 24.0 Å². The fourth-order valence-corrected chi connectivity index (χ4v) is 3.97. The van der Waals surface area contributed by atoms with Crippen molar-refractivity contribution in [2.24, 2.45) is 0 Å². The molecule has 2 nitrogen and oxygen atoms in total. The van der Waals surface area contributed by atoms with E-state index >= 15 is 0 Å². The summed E-state index contributed by atoms with van der Waals surface area (Å²) in [5.41, 5.74) is 9.79. The van der Waals surface area contributed by atoms with E-state index < -0.39 is 0 Å². The van der Waals surface area contributed by atoms with Gasteiger partial charge in [-0.1, -0.05) is 6.07 Å². The Hall–Kier alpha value is -0.670. The summed E-state index contributed by atoms with van der Waals surface area (Å²) in [5, 5.41) is 0. The Kier molecular flexibility index (Phi) is 3.30. The Bertz CT molecular complexity index is 397. The number of aryl methyl sites for hydroxylation is 1. The lowest BCUT2D eigenvalue weighted by molar-refractivity contribution is 0.213. The first-order valence-electron chi connectivity index (χ1n) is 6.55. The summed E-state index contributed by atoms with van der Waals surface area (Å²) in [5.74, 6) is 2.62. The zero-order valence-corrected chi connectivity index (χ0v) is 11.0. The van der Waals surface area contributed by atoms with Gasteiger partial charge in [-0.15, -0.1) is 0 Å². The molecule has 0 amide bonds. The van der Waals surface area contributed by atoms with Crippen LogP contribution in [0.5, 0.6) is 0 Å². The van der Waals surface area contributed by atoms with E-state index in [1.54, 1.807) is 0 Å². The van der Waals surface area contributed by atoms with Crippen LogP contribution in [0, 0.1) is 0 Å². The van der Waals surface area contributed by atoms with Crippen molar-refractivity contribution in [3.63, 3.8) is 0 Å². The van der Waals surface area contributed by atoms with Gasteiger partial charge in [0.2, 0.25) is 0 Å². The van der Waals surface area contributed by atoms with Crippen molar-refractivity contribution in [2.45, 2.75) is 25.3 Å².